The van der Waals surface area contributed by atoms with Crippen LogP contribution in [0, 0.1) is 17.7 Å². The van der Waals surface area contributed by atoms with Crippen molar-refractivity contribution < 1.29 is 33.8 Å². The number of carbonyl (C=O) groups is 2. The summed E-state index contributed by atoms with van der Waals surface area (Å²) in [5.41, 5.74) is 7.92. The highest BCUT2D eigenvalue weighted by Crippen LogP contribution is 2.33. The fourth-order valence-electron chi connectivity index (χ4n) is 7.42. The van der Waals surface area contributed by atoms with E-state index in [2.05, 4.69) is 42.3 Å². The Labute approximate surface area is 360 Å². The van der Waals surface area contributed by atoms with E-state index in [1.165, 1.54) is 18.0 Å². The molecule has 2 fully saturated rings. The number of nitrogens with zero attached hydrogens (tertiary/aromatic N) is 4. The van der Waals surface area contributed by atoms with E-state index in [9.17, 15) is 19.2 Å². The Morgan fingerprint density at radius 2 is 1.75 bits per heavy atom. The van der Waals surface area contributed by atoms with Crippen LogP contribution in [0.15, 0.2) is 84.0 Å². The molecule has 0 atom stereocenters. The summed E-state index contributed by atoms with van der Waals surface area (Å²) in [7, 11) is 3.12. The van der Waals surface area contributed by atoms with Crippen LogP contribution in [-0.2, 0) is 22.5 Å². The lowest BCUT2D eigenvalue weighted by Crippen LogP contribution is -2.44. The number of fused-ring (bicyclic) bond motifs is 2. The first-order valence-corrected chi connectivity index (χ1v) is 21.5. The first-order chi connectivity index (χ1) is 29.6. The molecule has 0 bridgehead atoms. The van der Waals surface area contributed by atoms with Gasteiger partial charge < -0.3 is 39.6 Å². The molecule has 5 heterocycles. The number of aromatic amines is 1. The van der Waals surface area contributed by atoms with E-state index >= 15 is 0 Å². The number of ether oxygens (including phenoxy) is 2. The van der Waals surface area contributed by atoms with E-state index in [0.29, 0.717) is 41.8 Å². The van der Waals surface area contributed by atoms with Gasteiger partial charge in [-0.3, -0.25) is 25.0 Å². The number of aromatic nitrogens is 2. The van der Waals surface area contributed by atoms with Gasteiger partial charge in [0, 0.05) is 100 Å². The Morgan fingerprint density at radius 3 is 2.51 bits per heavy atom. The number of carbonyl (C=O) groups excluding carboxylic acids is 2. The summed E-state index contributed by atoms with van der Waals surface area (Å²) in [4.78, 5) is 40.1. The largest absolute Gasteiger partial charge is 0.455 e. The number of anilines is 3. The number of aliphatic hydroxyl groups is 1. The number of aliphatic hydroxyl groups excluding tert-OH is 1. The fraction of sp³-hybridized carbons (Fsp3) is 0.400. The van der Waals surface area contributed by atoms with Crippen LogP contribution in [0.3, 0.4) is 0 Å². The standard InChI is InChI=1S/C31H37N7O4S.C13H16FNO.CH4O/c1-37-10-12-38(13-11-37)23-2-4-26(29(17-23)42-24-16-22-6-9-32-30(22)34-20-24)31(39)36-43-25-3-5-27(28(18-25)35-40)33-19-21-7-14-41-15-8-21;1-9(2)13(16)15-6-5-10-7-12(14)4-3-11(10)8-15;1-2/h2-6,9,16-18,20-21,33,35,40H,7-8,10-15,19H2,1H3,(H,32,34)(H,36,39);3-4,7,9H,5-6,8H2,1-2H3;2H,1H3. The summed E-state index contributed by atoms with van der Waals surface area (Å²) in [6.45, 7) is 11.3. The topological polar surface area (TPSA) is 168 Å². The molecule has 8 rings (SSSR count). The highest BCUT2D eigenvalue weighted by molar-refractivity contribution is 7.98. The molecule has 61 heavy (non-hydrogen) atoms. The van der Waals surface area contributed by atoms with E-state index in [0.717, 1.165) is 111 Å². The molecule has 326 valence electrons. The van der Waals surface area contributed by atoms with Gasteiger partial charge in [-0.15, -0.1) is 0 Å². The average Bonchev–Trinajstić information content (AvgIpc) is 3.77. The van der Waals surface area contributed by atoms with Gasteiger partial charge in [-0.25, -0.2) is 9.37 Å². The lowest BCUT2D eigenvalue weighted by Gasteiger charge is -2.34. The normalized spacial score (nSPS) is 15.5. The molecule has 2 saturated heterocycles. The first kappa shape index (κ1) is 45.1. The number of halogens is 1. The zero-order valence-electron chi connectivity index (χ0n) is 35.2. The van der Waals surface area contributed by atoms with Crippen molar-refractivity contribution >= 4 is 51.9 Å². The number of likely N-dealkylation sites (N-methyl/N-ethyl adjacent to an activating group) is 1. The number of piperazine rings is 1. The Kier molecular flexibility index (Phi) is 16.2. The number of pyridine rings is 1. The Balaban J connectivity index is 0.000000289. The third-order valence-corrected chi connectivity index (χ3v) is 11.7. The van der Waals surface area contributed by atoms with E-state index in [1.54, 1.807) is 24.4 Å². The fourth-order valence-corrected chi connectivity index (χ4v) is 8.05. The molecular weight excluding hydrogens is 800 g/mol. The van der Waals surface area contributed by atoms with Crippen molar-refractivity contribution in [2.45, 2.75) is 44.6 Å². The van der Waals surface area contributed by atoms with Crippen LogP contribution >= 0.6 is 11.9 Å². The number of hydrogen-bond donors (Lipinski definition) is 6. The van der Waals surface area contributed by atoms with Gasteiger partial charge in [0.1, 0.15) is 23.0 Å². The second-order valence-electron chi connectivity index (χ2n) is 15.5. The average molecular weight is 857 g/mol. The van der Waals surface area contributed by atoms with E-state index in [4.69, 9.17) is 14.6 Å². The molecule has 14 nitrogen and oxygen atoms in total. The summed E-state index contributed by atoms with van der Waals surface area (Å²) in [6.07, 6.45) is 6.28. The van der Waals surface area contributed by atoms with Gasteiger partial charge in [0.05, 0.1) is 23.1 Å². The number of nitrogens with one attached hydrogen (secondary N) is 4. The van der Waals surface area contributed by atoms with Crippen molar-refractivity contribution in [1.82, 2.24) is 24.5 Å². The number of rotatable bonds is 11. The highest BCUT2D eigenvalue weighted by Gasteiger charge is 2.23. The SMILES string of the molecule is CC(C)C(=O)N1CCc2cc(F)ccc2C1.CN1CCN(c2ccc(C(=O)NSc3ccc(NCC4CCOCC4)c(NO)c3)c(Oc3cnc4[nH]ccc4c3)c2)CC1.CO. The predicted octanol–water partition coefficient (Wildman–Crippen LogP) is 7.16. The van der Waals surface area contributed by atoms with Gasteiger partial charge in [-0.05, 0) is 110 Å². The molecule has 3 aliphatic rings. The molecule has 0 aliphatic carbocycles. The first-order valence-electron chi connectivity index (χ1n) is 20.7. The van der Waals surface area contributed by atoms with Crippen LogP contribution in [0.25, 0.3) is 11.0 Å². The third kappa shape index (κ3) is 12.1. The second kappa shape index (κ2) is 21.9. The number of amides is 2. The molecule has 3 aromatic carbocycles. The minimum atomic E-state index is -0.291. The summed E-state index contributed by atoms with van der Waals surface area (Å²) in [6, 6.07) is 20.0. The maximum atomic E-state index is 13.5. The number of benzene rings is 3. The number of hydrogen-bond acceptors (Lipinski definition) is 12. The molecule has 6 N–H and O–H groups in total. The summed E-state index contributed by atoms with van der Waals surface area (Å²) in [5, 5.41) is 21.1. The number of H-pyrrole nitrogens is 1. The van der Waals surface area contributed by atoms with Crippen molar-refractivity contribution in [3.8, 4) is 11.5 Å². The Bertz CT molecular complexity index is 2230. The molecule has 0 radical (unpaired) electrons. The highest BCUT2D eigenvalue weighted by atomic mass is 32.2. The van der Waals surface area contributed by atoms with E-state index < -0.39 is 0 Å². The van der Waals surface area contributed by atoms with Crippen LogP contribution in [0.2, 0.25) is 0 Å². The molecule has 3 aliphatic heterocycles. The minimum Gasteiger partial charge on any atom is -0.455 e. The smallest absolute Gasteiger partial charge is 0.265 e. The molecule has 2 aromatic heterocycles. The summed E-state index contributed by atoms with van der Waals surface area (Å²) < 4.78 is 27.7. The van der Waals surface area contributed by atoms with Gasteiger partial charge in [0.25, 0.3) is 5.91 Å². The van der Waals surface area contributed by atoms with Crippen LogP contribution < -0.4 is 25.2 Å². The maximum absolute atomic E-state index is 13.5. The van der Waals surface area contributed by atoms with Gasteiger partial charge in [-0.1, -0.05) is 19.9 Å². The van der Waals surface area contributed by atoms with Gasteiger partial charge in [0.15, 0.2) is 0 Å². The molecule has 0 spiro atoms. The van der Waals surface area contributed by atoms with Crippen molar-refractivity contribution in [3.63, 3.8) is 0 Å². The van der Waals surface area contributed by atoms with E-state index in [-0.39, 0.29) is 23.5 Å². The molecule has 2 amide bonds. The van der Waals surface area contributed by atoms with Crippen LogP contribution in [0.1, 0.15) is 48.2 Å². The van der Waals surface area contributed by atoms with Gasteiger partial charge in [0.2, 0.25) is 5.91 Å². The lowest BCUT2D eigenvalue weighted by molar-refractivity contribution is -0.135. The van der Waals surface area contributed by atoms with Crippen molar-refractivity contribution in [2.24, 2.45) is 11.8 Å². The van der Waals surface area contributed by atoms with Crippen LogP contribution in [0.5, 0.6) is 11.5 Å². The molecular formula is C45H57FN8O6S. The molecule has 0 unspecified atom stereocenters. The molecule has 5 aromatic rings. The zero-order chi connectivity index (χ0) is 43.3. The molecule has 16 heteroatoms. The monoisotopic (exact) mass is 856 g/mol. The Morgan fingerprint density at radius 1 is 0.967 bits per heavy atom. The van der Waals surface area contributed by atoms with Crippen molar-refractivity contribution in [1.29, 1.82) is 0 Å². The molecule has 0 saturated carbocycles. The van der Waals surface area contributed by atoms with Crippen LogP contribution in [0.4, 0.5) is 21.5 Å². The summed E-state index contributed by atoms with van der Waals surface area (Å²) >= 11 is 1.18. The third-order valence-electron chi connectivity index (χ3n) is 11.0. The predicted molar refractivity (Wildman–Crippen MR) is 238 cm³/mol. The van der Waals surface area contributed by atoms with Gasteiger partial charge >= 0.3 is 0 Å². The van der Waals surface area contributed by atoms with Gasteiger partial charge in [-0.2, -0.15) is 0 Å². The van der Waals surface area contributed by atoms with Crippen molar-refractivity contribution in [3.05, 3.63) is 102 Å². The minimum absolute atomic E-state index is 0.0296. The second-order valence-corrected chi connectivity index (χ2v) is 16.4. The zero-order valence-corrected chi connectivity index (χ0v) is 36.1. The lowest BCUT2D eigenvalue weighted by atomic mass is 9.98. The van der Waals surface area contributed by atoms with Crippen molar-refractivity contribution in [2.75, 3.05) is 82.3 Å². The maximum Gasteiger partial charge on any atom is 0.265 e. The quantitative estimate of drug-likeness (QED) is 0.0587. The Hall–Kier alpha value is -5.39. The van der Waals surface area contributed by atoms with E-state index in [1.807, 2.05) is 67.4 Å². The van der Waals surface area contributed by atoms with Crippen LogP contribution in [-0.4, -0.2) is 109 Å². The summed E-state index contributed by atoms with van der Waals surface area (Å²) in [5.74, 6) is 1.26.